The number of amides is 3. The zero-order valence-electron chi connectivity index (χ0n) is 20.4. The van der Waals surface area contributed by atoms with E-state index in [1.54, 1.807) is 28.8 Å². The average Bonchev–Trinajstić information content (AvgIpc) is 3.40. The Labute approximate surface area is 206 Å². The smallest absolute Gasteiger partial charge is 0.253 e. The number of hydrogen-bond donors (Lipinski definition) is 1. The van der Waals surface area contributed by atoms with Gasteiger partial charge >= 0.3 is 0 Å². The van der Waals surface area contributed by atoms with Crippen molar-refractivity contribution in [2.45, 2.75) is 43.7 Å². The highest BCUT2D eigenvalue weighted by molar-refractivity contribution is 5.95. The summed E-state index contributed by atoms with van der Waals surface area (Å²) in [7, 11) is 3.48. The second kappa shape index (κ2) is 9.46. The van der Waals surface area contributed by atoms with Gasteiger partial charge in [-0.15, -0.1) is 0 Å². The minimum atomic E-state index is -0.261. The molecule has 0 spiro atoms. The van der Waals surface area contributed by atoms with Crippen molar-refractivity contribution in [3.63, 3.8) is 0 Å². The molecule has 2 aliphatic heterocycles. The molecule has 2 aromatic rings. The number of aliphatic hydroxyl groups is 1. The number of nitrogens with zero attached hydrogens (tertiary/aromatic N) is 3. The monoisotopic (exact) mass is 475 g/mol. The molecule has 2 heterocycles. The fourth-order valence-corrected chi connectivity index (χ4v) is 6.09. The normalized spacial score (nSPS) is 24.2. The van der Waals surface area contributed by atoms with E-state index in [1.165, 1.54) is 0 Å². The van der Waals surface area contributed by atoms with Crippen molar-refractivity contribution < 1.29 is 19.5 Å². The summed E-state index contributed by atoms with van der Waals surface area (Å²) in [6, 6.07) is 15.3. The summed E-state index contributed by atoms with van der Waals surface area (Å²) in [6.45, 7) is 0.550. The Morgan fingerprint density at radius 1 is 1.03 bits per heavy atom. The second-order valence-electron chi connectivity index (χ2n) is 10.2. The lowest BCUT2D eigenvalue weighted by Crippen LogP contribution is -2.73. The summed E-state index contributed by atoms with van der Waals surface area (Å²) in [5.41, 5.74) is 3.65. The lowest BCUT2D eigenvalue weighted by atomic mass is 9.73. The maximum atomic E-state index is 13.0. The highest BCUT2D eigenvalue weighted by atomic mass is 16.3. The zero-order valence-corrected chi connectivity index (χ0v) is 20.4. The molecule has 0 bridgehead atoms. The predicted octanol–water partition coefficient (Wildman–Crippen LogP) is 2.74. The molecule has 7 nitrogen and oxygen atoms in total. The fraction of sp³-hybridized carbons (Fsp3) is 0.464. The van der Waals surface area contributed by atoms with Gasteiger partial charge in [0.1, 0.15) is 0 Å². The molecule has 1 aliphatic carbocycles. The molecule has 184 valence electrons. The Bertz CT molecular complexity index is 1120. The predicted molar refractivity (Wildman–Crippen MR) is 133 cm³/mol. The highest BCUT2D eigenvalue weighted by Crippen LogP contribution is 2.43. The summed E-state index contributed by atoms with van der Waals surface area (Å²) in [6.07, 6.45) is 4.01. The van der Waals surface area contributed by atoms with Crippen LogP contribution in [0.2, 0.25) is 0 Å². The van der Waals surface area contributed by atoms with Crippen molar-refractivity contribution in [2.75, 3.05) is 33.8 Å². The molecule has 0 unspecified atom stereocenters. The molecular weight excluding hydrogens is 442 g/mol. The number of benzene rings is 2. The second-order valence-corrected chi connectivity index (χ2v) is 10.2. The Hall–Kier alpha value is -3.19. The van der Waals surface area contributed by atoms with Crippen LogP contribution in [0.25, 0.3) is 11.1 Å². The van der Waals surface area contributed by atoms with E-state index in [2.05, 4.69) is 0 Å². The third-order valence-electron chi connectivity index (χ3n) is 7.91. The van der Waals surface area contributed by atoms with E-state index in [0.29, 0.717) is 12.1 Å². The molecule has 1 saturated carbocycles. The van der Waals surface area contributed by atoms with Crippen LogP contribution in [0.5, 0.6) is 0 Å². The Kier molecular flexibility index (Phi) is 6.36. The van der Waals surface area contributed by atoms with Gasteiger partial charge in [0.15, 0.2) is 0 Å². The van der Waals surface area contributed by atoms with Crippen molar-refractivity contribution in [3.8, 4) is 11.1 Å². The van der Waals surface area contributed by atoms with E-state index in [1.807, 2.05) is 48.5 Å². The van der Waals surface area contributed by atoms with E-state index in [4.69, 9.17) is 0 Å². The maximum Gasteiger partial charge on any atom is 0.253 e. The molecule has 3 amide bonds. The van der Waals surface area contributed by atoms with Crippen molar-refractivity contribution in [1.29, 1.82) is 0 Å². The summed E-state index contributed by atoms with van der Waals surface area (Å²) < 4.78 is 0. The van der Waals surface area contributed by atoms with E-state index >= 15 is 0 Å². The third-order valence-corrected chi connectivity index (χ3v) is 7.91. The van der Waals surface area contributed by atoms with Crippen LogP contribution in [0.3, 0.4) is 0 Å². The summed E-state index contributed by atoms with van der Waals surface area (Å²) in [5, 5.41) is 10.1. The van der Waals surface area contributed by atoms with E-state index in [0.717, 1.165) is 42.4 Å². The molecule has 0 radical (unpaired) electrons. The van der Waals surface area contributed by atoms with Crippen molar-refractivity contribution >= 4 is 17.7 Å². The molecule has 5 rings (SSSR count). The van der Waals surface area contributed by atoms with Crippen LogP contribution >= 0.6 is 0 Å². The molecule has 35 heavy (non-hydrogen) atoms. The minimum Gasteiger partial charge on any atom is -0.394 e. The van der Waals surface area contributed by atoms with E-state index in [9.17, 15) is 19.5 Å². The third kappa shape index (κ3) is 4.22. The van der Waals surface area contributed by atoms with Gasteiger partial charge in [-0.1, -0.05) is 49.2 Å². The number of piperazine rings is 1. The topological polar surface area (TPSA) is 81.2 Å². The van der Waals surface area contributed by atoms with Crippen LogP contribution in [-0.2, 0) is 9.59 Å². The van der Waals surface area contributed by atoms with Crippen LogP contribution in [0.1, 0.15) is 47.5 Å². The molecule has 1 N–H and O–H groups in total. The largest absolute Gasteiger partial charge is 0.394 e. The van der Waals surface area contributed by atoms with Gasteiger partial charge in [-0.2, -0.15) is 0 Å². The average molecular weight is 476 g/mol. The number of carbonyl (C=O) groups excluding carboxylic acids is 3. The lowest BCUT2D eigenvalue weighted by Gasteiger charge is -2.59. The first-order chi connectivity index (χ1) is 16.9. The Balaban J connectivity index is 1.35. The van der Waals surface area contributed by atoms with Gasteiger partial charge in [-0.25, -0.2) is 0 Å². The zero-order chi connectivity index (χ0) is 24.7. The summed E-state index contributed by atoms with van der Waals surface area (Å²) in [4.78, 5) is 43.4. The Morgan fingerprint density at radius 3 is 2.40 bits per heavy atom. The van der Waals surface area contributed by atoms with Gasteiger partial charge in [-0.05, 0) is 41.7 Å². The first kappa shape index (κ1) is 23.5. The number of carbonyl (C=O) groups is 3. The molecule has 7 heteroatoms. The van der Waals surface area contributed by atoms with Crippen LogP contribution in [0.4, 0.5) is 0 Å². The fourth-order valence-electron chi connectivity index (χ4n) is 6.09. The first-order valence-corrected chi connectivity index (χ1v) is 12.5. The molecule has 3 fully saturated rings. The molecule has 0 aromatic heterocycles. The van der Waals surface area contributed by atoms with Gasteiger partial charge in [0.05, 0.1) is 25.2 Å². The number of fused-ring (bicyclic) bond motifs is 1. The van der Waals surface area contributed by atoms with E-state index < -0.39 is 0 Å². The number of aliphatic hydroxyl groups excluding tert-OH is 1. The van der Waals surface area contributed by atoms with Crippen LogP contribution in [0, 0.1) is 5.92 Å². The van der Waals surface area contributed by atoms with Crippen molar-refractivity contribution in [3.05, 3.63) is 59.7 Å². The van der Waals surface area contributed by atoms with Crippen LogP contribution in [0.15, 0.2) is 48.5 Å². The Morgan fingerprint density at radius 2 is 1.74 bits per heavy atom. The van der Waals surface area contributed by atoms with Crippen LogP contribution < -0.4 is 0 Å². The summed E-state index contributed by atoms with van der Waals surface area (Å²) >= 11 is 0. The maximum absolute atomic E-state index is 13.0. The highest BCUT2D eigenvalue weighted by Gasteiger charge is 2.54. The van der Waals surface area contributed by atoms with E-state index in [-0.39, 0.29) is 54.8 Å². The number of rotatable bonds is 5. The number of hydrogen-bond acceptors (Lipinski definition) is 4. The lowest BCUT2D eigenvalue weighted by molar-refractivity contribution is -0.168. The van der Waals surface area contributed by atoms with Gasteiger partial charge in [0.2, 0.25) is 11.8 Å². The quantitative estimate of drug-likeness (QED) is 0.721. The van der Waals surface area contributed by atoms with Crippen molar-refractivity contribution in [1.82, 2.24) is 14.7 Å². The molecule has 3 aliphatic rings. The summed E-state index contributed by atoms with van der Waals surface area (Å²) in [5.74, 6) is 0.0448. The van der Waals surface area contributed by atoms with Gasteiger partial charge < -0.3 is 19.8 Å². The first-order valence-electron chi connectivity index (χ1n) is 12.5. The van der Waals surface area contributed by atoms with Crippen LogP contribution in [-0.4, -0.2) is 83.4 Å². The van der Waals surface area contributed by atoms with Gasteiger partial charge in [0.25, 0.3) is 5.91 Å². The SMILES string of the molecule is CN(C)C(=O)c1cccc(-c2ccc([C@@H]3[C@@H](CO)N4C(=O)CN(C(=O)C5CCCC5)C[C@H]34)cc2)c1. The minimum absolute atomic E-state index is 0.0150. The molecular formula is C28H33N3O4. The van der Waals surface area contributed by atoms with Gasteiger partial charge in [0, 0.05) is 38.0 Å². The molecule has 3 atom stereocenters. The van der Waals surface area contributed by atoms with Crippen molar-refractivity contribution in [2.24, 2.45) is 5.92 Å². The molecule has 2 aromatic carbocycles. The van der Waals surface area contributed by atoms with Gasteiger partial charge in [-0.3, -0.25) is 14.4 Å². The standard InChI is InChI=1S/C28H33N3O4/c1-29(2)27(34)22-9-5-8-21(14-22)18-10-12-19(13-11-18)26-23-15-30(28(35)20-6-3-4-7-20)16-25(33)31(23)24(26)17-32/h5,8-14,20,23-24,26,32H,3-4,6-7,15-17H2,1-2H3/t23-,24-,26+/m1/s1. The molecule has 2 saturated heterocycles.